The molecular formula is C27H30N4O3S. The SMILES string of the molecule is N#Cc1ccc(CN2CCC[C@H]2/C=C/S(=O)(=O)NC(=O)Nc2c3c(cc4c2CCC4)CCC3)cc1. The number of urea groups is 1. The van der Waals surface area contributed by atoms with Crippen LogP contribution in [-0.4, -0.2) is 31.9 Å². The number of hydrogen-bond donors (Lipinski definition) is 2. The van der Waals surface area contributed by atoms with Crippen LogP contribution in [0.25, 0.3) is 0 Å². The molecule has 1 fully saturated rings. The second kappa shape index (κ2) is 9.84. The van der Waals surface area contributed by atoms with Gasteiger partial charge in [-0.3, -0.25) is 4.90 Å². The summed E-state index contributed by atoms with van der Waals surface area (Å²) in [5, 5.41) is 13.0. The first-order valence-corrected chi connectivity index (χ1v) is 13.9. The Morgan fingerprint density at radius 3 is 2.40 bits per heavy atom. The zero-order chi connectivity index (χ0) is 24.4. The fourth-order valence-electron chi connectivity index (χ4n) is 5.65. The van der Waals surface area contributed by atoms with Gasteiger partial charge in [-0.15, -0.1) is 0 Å². The van der Waals surface area contributed by atoms with E-state index in [4.69, 9.17) is 5.26 Å². The average molecular weight is 491 g/mol. The van der Waals surface area contributed by atoms with Gasteiger partial charge in [-0.2, -0.15) is 5.26 Å². The Hall–Kier alpha value is -3.15. The molecule has 182 valence electrons. The summed E-state index contributed by atoms with van der Waals surface area (Å²) in [6, 6.07) is 11.1. The van der Waals surface area contributed by atoms with Crippen molar-refractivity contribution in [2.75, 3.05) is 11.9 Å². The summed E-state index contributed by atoms with van der Waals surface area (Å²) in [4.78, 5) is 14.9. The van der Waals surface area contributed by atoms with Crippen molar-refractivity contribution in [3.63, 3.8) is 0 Å². The number of anilines is 1. The van der Waals surface area contributed by atoms with E-state index in [1.165, 1.54) is 11.1 Å². The Morgan fingerprint density at radius 2 is 1.74 bits per heavy atom. The molecule has 0 radical (unpaired) electrons. The van der Waals surface area contributed by atoms with Crippen molar-refractivity contribution in [3.8, 4) is 6.07 Å². The van der Waals surface area contributed by atoms with Gasteiger partial charge in [-0.1, -0.05) is 24.3 Å². The van der Waals surface area contributed by atoms with Crippen LogP contribution in [0.3, 0.4) is 0 Å². The first kappa shape index (κ1) is 23.6. The molecule has 3 aliphatic rings. The molecule has 2 N–H and O–H groups in total. The first-order chi connectivity index (χ1) is 16.9. The third-order valence-electron chi connectivity index (χ3n) is 7.31. The number of nitriles is 1. The number of benzene rings is 2. The zero-order valence-corrected chi connectivity index (χ0v) is 20.5. The van der Waals surface area contributed by atoms with Crippen LogP contribution in [0.4, 0.5) is 10.5 Å². The van der Waals surface area contributed by atoms with Crippen molar-refractivity contribution in [1.82, 2.24) is 9.62 Å². The number of amides is 2. The molecule has 0 spiro atoms. The van der Waals surface area contributed by atoms with Crippen LogP contribution >= 0.6 is 0 Å². The van der Waals surface area contributed by atoms with Gasteiger partial charge in [0.05, 0.1) is 11.6 Å². The Labute approximate surface area is 206 Å². The number of aryl methyl sites for hydroxylation is 2. The summed E-state index contributed by atoms with van der Waals surface area (Å²) in [5.74, 6) is 0. The van der Waals surface area contributed by atoms with Gasteiger partial charge in [0.1, 0.15) is 0 Å². The third kappa shape index (κ3) is 5.26. The fourth-order valence-corrected chi connectivity index (χ4v) is 6.41. The highest BCUT2D eigenvalue weighted by Crippen LogP contribution is 2.38. The highest BCUT2D eigenvalue weighted by Gasteiger charge is 2.26. The molecule has 2 aliphatic carbocycles. The molecule has 0 aromatic heterocycles. The Kier molecular flexibility index (Phi) is 6.63. The molecule has 1 saturated heterocycles. The molecule has 1 atom stereocenters. The predicted molar refractivity (Wildman–Crippen MR) is 135 cm³/mol. The lowest BCUT2D eigenvalue weighted by molar-refractivity contribution is 0.256. The highest BCUT2D eigenvalue weighted by atomic mass is 32.2. The molecule has 1 aliphatic heterocycles. The van der Waals surface area contributed by atoms with E-state index in [-0.39, 0.29) is 6.04 Å². The number of nitrogens with one attached hydrogen (secondary N) is 2. The molecule has 35 heavy (non-hydrogen) atoms. The molecule has 8 heteroatoms. The van der Waals surface area contributed by atoms with Crippen LogP contribution in [0.5, 0.6) is 0 Å². The average Bonchev–Trinajstić information content (AvgIpc) is 3.59. The maximum Gasteiger partial charge on any atom is 0.333 e. The Morgan fingerprint density at radius 1 is 1.06 bits per heavy atom. The predicted octanol–water partition coefficient (Wildman–Crippen LogP) is 4.17. The summed E-state index contributed by atoms with van der Waals surface area (Å²) in [5.41, 5.74) is 7.42. The first-order valence-electron chi connectivity index (χ1n) is 12.3. The molecule has 0 saturated carbocycles. The van der Waals surface area contributed by atoms with E-state index in [1.807, 2.05) is 12.1 Å². The maximum absolute atomic E-state index is 12.7. The van der Waals surface area contributed by atoms with Crippen LogP contribution in [0.2, 0.25) is 0 Å². The minimum atomic E-state index is -3.93. The second-order valence-electron chi connectivity index (χ2n) is 9.65. The molecule has 2 aromatic rings. The minimum Gasteiger partial charge on any atom is -0.307 e. The number of hydrogen-bond acceptors (Lipinski definition) is 5. The van der Waals surface area contributed by atoms with E-state index in [0.29, 0.717) is 12.1 Å². The van der Waals surface area contributed by atoms with Crippen LogP contribution in [0.15, 0.2) is 41.8 Å². The van der Waals surface area contributed by atoms with Crippen molar-refractivity contribution < 1.29 is 13.2 Å². The van der Waals surface area contributed by atoms with Crippen molar-refractivity contribution in [2.24, 2.45) is 0 Å². The molecular weight excluding hydrogens is 460 g/mol. The van der Waals surface area contributed by atoms with Gasteiger partial charge in [0.25, 0.3) is 10.0 Å². The quantitative estimate of drug-likeness (QED) is 0.633. The van der Waals surface area contributed by atoms with Gasteiger partial charge >= 0.3 is 6.03 Å². The molecule has 2 amide bonds. The van der Waals surface area contributed by atoms with Crippen molar-refractivity contribution in [3.05, 3.63) is 75.2 Å². The normalized spacial score (nSPS) is 19.5. The molecule has 0 unspecified atom stereocenters. The van der Waals surface area contributed by atoms with Crippen molar-refractivity contribution in [1.29, 1.82) is 5.26 Å². The van der Waals surface area contributed by atoms with E-state index < -0.39 is 16.1 Å². The summed E-state index contributed by atoms with van der Waals surface area (Å²) in [6.45, 7) is 1.55. The molecule has 2 aromatic carbocycles. The number of sulfonamides is 1. The summed E-state index contributed by atoms with van der Waals surface area (Å²) >= 11 is 0. The van der Waals surface area contributed by atoms with E-state index >= 15 is 0 Å². The number of carbonyl (C=O) groups excluding carboxylic acids is 1. The third-order valence-corrected chi connectivity index (χ3v) is 8.29. The lowest BCUT2D eigenvalue weighted by Gasteiger charge is -2.22. The summed E-state index contributed by atoms with van der Waals surface area (Å²) < 4.78 is 27.5. The highest BCUT2D eigenvalue weighted by molar-refractivity contribution is 7.92. The molecule has 0 bridgehead atoms. The minimum absolute atomic E-state index is 0.0223. The summed E-state index contributed by atoms with van der Waals surface area (Å²) in [6.07, 6.45) is 9.50. The number of rotatable bonds is 6. The van der Waals surface area contributed by atoms with Gasteiger partial charge < -0.3 is 5.32 Å². The van der Waals surface area contributed by atoms with Crippen molar-refractivity contribution in [2.45, 2.75) is 64.0 Å². The van der Waals surface area contributed by atoms with Gasteiger partial charge in [0, 0.05) is 23.7 Å². The topological polar surface area (TPSA) is 102 Å². The summed E-state index contributed by atoms with van der Waals surface area (Å²) in [7, 11) is -3.93. The standard InChI is InChI=1S/C27H30N4O3S/c28-17-19-9-11-20(12-10-19)18-31-14-3-6-23(31)13-15-35(33,34)30-27(32)29-26-24-7-1-4-21(24)16-22-5-2-8-25(22)26/h9-13,15-16,23H,1-8,14,18H2,(H2,29,30,32)/b15-13+/t23-/m0/s1. The Bertz CT molecular complexity index is 1280. The van der Waals surface area contributed by atoms with Crippen LogP contribution in [0, 0.1) is 11.3 Å². The monoisotopic (exact) mass is 490 g/mol. The lowest BCUT2D eigenvalue weighted by Crippen LogP contribution is -2.34. The number of likely N-dealkylation sites (tertiary alicyclic amines) is 1. The smallest absolute Gasteiger partial charge is 0.307 e. The van der Waals surface area contributed by atoms with E-state index in [1.54, 1.807) is 18.2 Å². The number of nitrogens with zero attached hydrogens (tertiary/aromatic N) is 2. The number of carbonyl (C=O) groups is 1. The molecule has 7 nitrogen and oxygen atoms in total. The van der Waals surface area contributed by atoms with Gasteiger partial charge in [-0.25, -0.2) is 17.9 Å². The van der Waals surface area contributed by atoms with Crippen LogP contribution in [0.1, 0.15) is 59.1 Å². The molecule has 1 heterocycles. The Balaban J connectivity index is 1.23. The lowest BCUT2D eigenvalue weighted by atomic mass is 9.99. The van der Waals surface area contributed by atoms with Crippen LogP contribution in [-0.2, 0) is 42.3 Å². The number of fused-ring (bicyclic) bond motifs is 2. The van der Waals surface area contributed by atoms with E-state index in [0.717, 1.165) is 85.7 Å². The fraction of sp³-hybridized carbons (Fsp3) is 0.407. The molecule has 5 rings (SSSR count). The largest absolute Gasteiger partial charge is 0.333 e. The van der Waals surface area contributed by atoms with Gasteiger partial charge in [0.2, 0.25) is 0 Å². The van der Waals surface area contributed by atoms with E-state index in [2.05, 4.69) is 27.1 Å². The van der Waals surface area contributed by atoms with Crippen molar-refractivity contribution >= 4 is 21.7 Å². The van der Waals surface area contributed by atoms with Gasteiger partial charge in [0.15, 0.2) is 0 Å². The van der Waals surface area contributed by atoms with E-state index in [9.17, 15) is 13.2 Å². The maximum atomic E-state index is 12.7. The van der Waals surface area contributed by atoms with Crippen LogP contribution < -0.4 is 10.0 Å². The van der Waals surface area contributed by atoms with Gasteiger partial charge in [-0.05, 0) is 97.9 Å². The second-order valence-corrected chi connectivity index (χ2v) is 11.2. The zero-order valence-electron chi connectivity index (χ0n) is 19.7.